The van der Waals surface area contributed by atoms with Crippen LogP contribution in [-0.2, 0) is 0 Å². The Kier molecular flexibility index (Phi) is 1.90. The van der Waals surface area contributed by atoms with Gasteiger partial charge in [0.15, 0.2) is 0 Å². The lowest BCUT2D eigenvalue weighted by Gasteiger charge is -1.94. The van der Waals surface area contributed by atoms with E-state index in [4.69, 9.17) is 0 Å². The van der Waals surface area contributed by atoms with Crippen LogP contribution < -0.4 is 5.43 Å². The van der Waals surface area contributed by atoms with E-state index in [0.717, 1.165) is 0 Å². The molecule has 0 aromatic heterocycles. The fourth-order valence-electron chi connectivity index (χ4n) is 0.583. The van der Waals surface area contributed by atoms with E-state index in [-0.39, 0.29) is 12.5 Å². The van der Waals surface area contributed by atoms with Crippen LogP contribution in [0.15, 0.2) is 17.3 Å². The average molecular weight is 157 g/mol. The van der Waals surface area contributed by atoms with Crippen LogP contribution in [0.25, 0.3) is 0 Å². The quantitative estimate of drug-likeness (QED) is 0.313. The first-order chi connectivity index (χ1) is 5.20. The van der Waals surface area contributed by atoms with E-state index in [1.807, 2.05) is 0 Å². The summed E-state index contributed by atoms with van der Waals surface area (Å²) in [5, 5.41) is 9.01. The molecule has 1 aliphatic rings. The maximum absolute atomic E-state index is 10.7. The van der Waals surface area contributed by atoms with Crippen molar-refractivity contribution in [1.29, 1.82) is 0 Å². The van der Waals surface area contributed by atoms with Gasteiger partial charge in [-0.05, 0) is 10.8 Å². The van der Waals surface area contributed by atoms with Crippen molar-refractivity contribution in [2.75, 3.05) is 6.54 Å². The third kappa shape index (κ3) is 1.81. The standard InChI is InChI=1S/C4H5N4O3/c9-7-3-1-2-5-4(7)6-8(10)11/h1-2H,3H2,(H,5,6)/q+1. The molecule has 7 nitrogen and oxygen atoms in total. The lowest BCUT2D eigenvalue weighted by molar-refractivity contribution is -0.551. The van der Waals surface area contributed by atoms with Crippen LogP contribution in [0, 0.1) is 15.0 Å². The summed E-state index contributed by atoms with van der Waals surface area (Å²) in [7, 11) is 0. The van der Waals surface area contributed by atoms with E-state index in [0.29, 0.717) is 4.76 Å². The first kappa shape index (κ1) is 7.32. The maximum Gasteiger partial charge on any atom is 0.490 e. The van der Waals surface area contributed by atoms with Crippen LogP contribution in [-0.4, -0.2) is 22.3 Å². The highest BCUT2D eigenvalue weighted by Gasteiger charge is 2.23. The molecule has 1 aliphatic heterocycles. The van der Waals surface area contributed by atoms with E-state index in [1.165, 1.54) is 12.3 Å². The monoisotopic (exact) mass is 157 g/mol. The Balaban J connectivity index is 2.68. The fraction of sp³-hybridized carbons (Fsp3) is 0.250. The molecule has 0 aliphatic carbocycles. The number of hydrazine groups is 1. The van der Waals surface area contributed by atoms with Crippen LogP contribution in [0.2, 0.25) is 0 Å². The molecule has 7 heteroatoms. The smallest absolute Gasteiger partial charge is 0.223 e. The number of rotatable bonds is 1. The van der Waals surface area contributed by atoms with Gasteiger partial charge in [-0.25, -0.2) is 10.1 Å². The van der Waals surface area contributed by atoms with Gasteiger partial charge in [0.05, 0.1) is 0 Å². The zero-order valence-electron chi connectivity index (χ0n) is 5.43. The molecular weight excluding hydrogens is 152 g/mol. The first-order valence-electron chi connectivity index (χ1n) is 2.78. The SMILES string of the molecule is O=[N+]([O-])NC1=NC=CC[N+]1=O. The Morgan fingerprint density at radius 3 is 3.09 bits per heavy atom. The molecule has 0 radical (unpaired) electrons. The Labute approximate surface area is 61.1 Å². The predicted molar refractivity (Wildman–Crippen MR) is 35.2 cm³/mol. The zero-order valence-corrected chi connectivity index (χ0v) is 5.43. The predicted octanol–water partition coefficient (Wildman–Crippen LogP) is -0.570. The minimum Gasteiger partial charge on any atom is -0.223 e. The van der Waals surface area contributed by atoms with Gasteiger partial charge in [0, 0.05) is 5.43 Å². The number of nitrogens with one attached hydrogen (secondary N) is 1. The molecule has 0 aromatic rings. The third-order valence-corrected chi connectivity index (χ3v) is 1.00. The summed E-state index contributed by atoms with van der Waals surface area (Å²) in [6.07, 6.45) is 2.83. The van der Waals surface area contributed by atoms with Gasteiger partial charge in [0.25, 0.3) is 0 Å². The molecule has 0 amide bonds. The van der Waals surface area contributed by atoms with Crippen molar-refractivity contribution >= 4 is 5.96 Å². The Morgan fingerprint density at radius 1 is 1.82 bits per heavy atom. The Hall–Kier alpha value is -1.79. The van der Waals surface area contributed by atoms with Crippen molar-refractivity contribution in [2.24, 2.45) is 4.99 Å². The average Bonchev–Trinajstić information content (AvgIpc) is 1.93. The van der Waals surface area contributed by atoms with Crippen molar-refractivity contribution in [3.05, 3.63) is 27.3 Å². The minimum absolute atomic E-state index is 0.0830. The van der Waals surface area contributed by atoms with Crippen LogP contribution in [0.1, 0.15) is 0 Å². The lowest BCUT2D eigenvalue weighted by atomic mass is 10.5. The van der Waals surface area contributed by atoms with E-state index >= 15 is 0 Å². The van der Waals surface area contributed by atoms with Gasteiger partial charge in [0.2, 0.25) is 5.03 Å². The summed E-state index contributed by atoms with van der Waals surface area (Å²) in [5.74, 6) is -0.294. The molecule has 0 bridgehead atoms. The van der Waals surface area contributed by atoms with Crippen LogP contribution in [0.4, 0.5) is 0 Å². The Morgan fingerprint density at radius 2 is 2.55 bits per heavy atom. The van der Waals surface area contributed by atoms with Gasteiger partial charge in [-0.1, -0.05) is 9.90 Å². The molecule has 11 heavy (non-hydrogen) atoms. The molecule has 0 unspecified atom stereocenters. The lowest BCUT2D eigenvalue weighted by Crippen LogP contribution is -2.38. The highest BCUT2D eigenvalue weighted by Crippen LogP contribution is 1.89. The van der Waals surface area contributed by atoms with E-state index in [2.05, 4.69) is 4.99 Å². The van der Waals surface area contributed by atoms with Crippen molar-refractivity contribution < 1.29 is 9.79 Å². The van der Waals surface area contributed by atoms with Crippen molar-refractivity contribution in [3.8, 4) is 0 Å². The molecule has 1 heterocycles. The number of nitroso groups, excluding NO2 is 1. The molecule has 0 aromatic carbocycles. The maximum atomic E-state index is 10.7. The number of aliphatic imine (C=N–C) groups is 1. The molecule has 0 saturated carbocycles. The highest BCUT2D eigenvalue weighted by molar-refractivity contribution is 5.71. The summed E-state index contributed by atoms with van der Waals surface area (Å²) in [6.45, 7) is 0.0830. The van der Waals surface area contributed by atoms with Crippen molar-refractivity contribution in [2.45, 2.75) is 0 Å². The van der Waals surface area contributed by atoms with Gasteiger partial charge in [-0.3, -0.25) is 0 Å². The number of guanidine groups is 1. The van der Waals surface area contributed by atoms with Gasteiger partial charge >= 0.3 is 5.96 Å². The molecule has 0 spiro atoms. The normalized spacial score (nSPS) is 16.0. The second kappa shape index (κ2) is 2.86. The van der Waals surface area contributed by atoms with Gasteiger partial charge in [-0.2, -0.15) is 0 Å². The van der Waals surface area contributed by atoms with Crippen LogP contribution in [0.3, 0.4) is 0 Å². The van der Waals surface area contributed by atoms with Crippen LogP contribution in [0.5, 0.6) is 0 Å². The first-order valence-corrected chi connectivity index (χ1v) is 2.78. The Bertz CT molecular complexity index is 256. The molecule has 0 saturated heterocycles. The number of hydrogen-bond donors (Lipinski definition) is 1. The zero-order chi connectivity index (χ0) is 8.27. The van der Waals surface area contributed by atoms with Crippen molar-refractivity contribution in [3.63, 3.8) is 0 Å². The van der Waals surface area contributed by atoms with Gasteiger partial charge in [0.1, 0.15) is 12.7 Å². The number of hydrogen-bond acceptors (Lipinski definition) is 4. The van der Waals surface area contributed by atoms with Crippen LogP contribution >= 0.6 is 0 Å². The van der Waals surface area contributed by atoms with Gasteiger partial charge < -0.3 is 0 Å². The second-order valence-electron chi connectivity index (χ2n) is 1.77. The summed E-state index contributed by atoms with van der Waals surface area (Å²) in [4.78, 5) is 24.0. The molecule has 0 fully saturated rings. The summed E-state index contributed by atoms with van der Waals surface area (Å²) >= 11 is 0. The molecule has 58 valence electrons. The number of nitro groups is 1. The van der Waals surface area contributed by atoms with E-state index < -0.39 is 5.03 Å². The summed E-state index contributed by atoms with van der Waals surface area (Å²) < 4.78 is 0.392. The molecular formula is C4H5N4O3+. The molecule has 0 atom stereocenters. The molecule has 1 N–H and O–H groups in total. The van der Waals surface area contributed by atoms with Crippen molar-refractivity contribution in [1.82, 2.24) is 5.43 Å². The summed E-state index contributed by atoms with van der Waals surface area (Å²) in [6, 6.07) is 0. The summed E-state index contributed by atoms with van der Waals surface area (Å²) in [5.41, 5.74) is 1.67. The second-order valence-corrected chi connectivity index (χ2v) is 1.77. The number of nitrogens with zero attached hydrogens (tertiary/aromatic N) is 3. The van der Waals surface area contributed by atoms with E-state index in [1.54, 1.807) is 5.43 Å². The van der Waals surface area contributed by atoms with Gasteiger partial charge in [-0.15, -0.1) is 0 Å². The topological polar surface area (TPSA) is 87.6 Å². The fourth-order valence-corrected chi connectivity index (χ4v) is 0.583. The third-order valence-electron chi connectivity index (χ3n) is 1.00. The minimum atomic E-state index is -0.830. The largest absolute Gasteiger partial charge is 0.490 e. The molecule has 1 rings (SSSR count). The highest BCUT2D eigenvalue weighted by atomic mass is 16.7. The van der Waals surface area contributed by atoms with E-state index in [9.17, 15) is 15.0 Å².